The van der Waals surface area contributed by atoms with Crippen LogP contribution in [0.2, 0.25) is 0 Å². The summed E-state index contributed by atoms with van der Waals surface area (Å²) in [5, 5.41) is 140. The van der Waals surface area contributed by atoms with Gasteiger partial charge in [0.15, 0.2) is 0 Å². The first-order valence-electron chi connectivity index (χ1n) is 14.9. The van der Waals surface area contributed by atoms with E-state index in [0.29, 0.717) is 48.9 Å². The van der Waals surface area contributed by atoms with Crippen LogP contribution < -0.4 is 35.0 Å². The van der Waals surface area contributed by atoms with Crippen molar-refractivity contribution in [3.8, 4) is 29.1 Å². The van der Waals surface area contributed by atoms with Gasteiger partial charge in [-0.05, 0) is 23.3 Å². The van der Waals surface area contributed by atoms with Crippen molar-refractivity contribution in [1.29, 1.82) is 5.26 Å². The van der Waals surface area contributed by atoms with E-state index in [1.165, 1.54) is 33.6 Å². The van der Waals surface area contributed by atoms with Gasteiger partial charge in [0.05, 0.1) is 72.0 Å². The molecular formula is C28H45N8O28Yb4+. The minimum Gasteiger partial charge on any atom is -0.870 e. The van der Waals surface area contributed by atoms with Crippen molar-refractivity contribution in [3.63, 3.8) is 0 Å². The van der Waals surface area contributed by atoms with Crippen molar-refractivity contribution in [1.82, 2.24) is 0 Å². The number of nitriles is 1. The molecule has 420 valence electrons. The van der Waals surface area contributed by atoms with E-state index >= 15 is 0 Å². The molecule has 40 heteroatoms. The molecule has 0 heterocycles. The molecule has 0 aliphatic carbocycles. The molecule has 2 rings (SSSR count). The maximum absolute atomic E-state index is 11.7. The molecule has 4 radical (unpaired) electrons. The summed E-state index contributed by atoms with van der Waals surface area (Å²) >= 11 is 0. The number of benzene rings is 2. The van der Waals surface area contributed by atoms with Crippen LogP contribution in [0.5, 0.6) is 23.0 Å². The standard InChI is InChI=1S/2C12H16NO4.C2H3N.CH4O.CH3O.5NO3.3H2O.4Yb/c2*1-16-11-4-2-3-10(12(11)15)9-13-5-7-17-8-6-14;1-2-3;2*1-2;5*2-1(3)4;;;;;;;/h2*2-4,9,15H,5-8H2,1H3;1H3;2H,1H3;1H3;;;;;;3*1H2;;;;/q2*-1;;;6*-1;;;;4*+3/p-3. The Kier molecular flexibility index (Phi) is 144. The number of aliphatic hydroxyl groups excluding tert-OH is 1. The van der Waals surface area contributed by atoms with Gasteiger partial charge in [0.2, 0.25) is 0 Å². The second-order valence-corrected chi connectivity index (χ2v) is 7.80. The van der Waals surface area contributed by atoms with E-state index in [1.54, 1.807) is 42.5 Å². The Balaban J connectivity index is -0.0000000392. The Morgan fingerprint density at radius 1 is 0.574 bits per heavy atom. The monoisotopic (exact) mass is 1640 g/mol. The minimum absolute atomic E-state index is 0. The number of rotatable bonds is 14. The van der Waals surface area contributed by atoms with Gasteiger partial charge in [-0.1, -0.05) is 35.8 Å². The van der Waals surface area contributed by atoms with E-state index < -0.39 is 25.4 Å². The molecule has 0 bridgehead atoms. The van der Waals surface area contributed by atoms with E-state index in [-0.39, 0.29) is 242 Å². The summed E-state index contributed by atoms with van der Waals surface area (Å²) in [4.78, 5) is 49.3. The van der Waals surface area contributed by atoms with Gasteiger partial charge in [-0.15, -0.1) is 13.2 Å². The normalized spacial score (nSPS) is 7.53. The maximum Gasteiger partial charge on any atom is 3.00 e. The number of hydrogen-bond donors (Lipinski definition) is 1. The molecule has 0 atom stereocenters. The van der Waals surface area contributed by atoms with Gasteiger partial charge in [0, 0.05) is 39.7 Å². The van der Waals surface area contributed by atoms with E-state index in [1.807, 2.05) is 0 Å². The fourth-order valence-corrected chi connectivity index (χ4v) is 2.47. The van der Waals surface area contributed by atoms with Crippen LogP contribution in [0.15, 0.2) is 46.4 Å². The summed E-state index contributed by atoms with van der Waals surface area (Å²) in [7, 11) is 4.66. The number of nitrogens with zero attached hydrogens (tertiary/aromatic N) is 8. The van der Waals surface area contributed by atoms with Crippen molar-refractivity contribution < 1.29 is 279 Å². The quantitative estimate of drug-likeness (QED) is 0.0616. The molecule has 0 amide bonds. The van der Waals surface area contributed by atoms with Gasteiger partial charge in [-0.25, -0.2) is 0 Å². The summed E-state index contributed by atoms with van der Waals surface area (Å²) in [6.45, 7) is 2.96. The molecule has 0 aromatic heterocycles. The van der Waals surface area contributed by atoms with Crippen LogP contribution in [0.1, 0.15) is 18.1 Å². The zero-order chi connectivity index (χ0) is 49.6. The summed E-state index contributed by atoms with van der Waals surface area (Å²) in [6, 6.07) is 11.8. The second kappa shape index (κ2) is 91.5. The van der Waals surface area contributed by atoms with Crippen LogP contribution in [0, 0.1) is 276 Å². The fraction of sp³-hybridized carbons (Fsp3) is 0.464. The van der Waals surface area contributed by atoms with Gasteiger partial charge in [0.1, 0.15) is 11.5 Å². The molecule has 0 fully saturated rings. The predicted octanol–water partition coefficient (Wildman–Crippen LogP) is -4.23. The smallest absolute Gasteiger partial charge is 0.870 e. The fourth-order valence-electron chi connectivity index (χ4n) is 2.47. The van der Waals surface area contributed by atoms with E-state index in [2.05, 4.69) is 9.98 Å². The van der Waals surface area contributed by atoms with Crippen LogP contribution in [0.4, 0.5) is 0 Å². The van der Waals surface area contributed by atoms with Gasteiger partial charge in [0.25, 0.3) is 0 Å². The first-order valence-corrected chi connectivity index (χ1v) is 14.9. The maximum atomic E-state index is 11.7. The van der Waals surface area contributed by atoms with Crippen LogP contribution >= 0.6 is 0 Å². The Morgan fingerprint density at radius 3 is 0.956 bits per heavy atom. The van der Waals surface area contributed by atoms with Gasteiger partial charge in [-0.3, -0.25) is 9.98 Å². The molecule has 0 aliphatic heterocycles. The molecule has 0 saturated heterocycles. The third-order valence-electron chi connectivity index (χ3n) is 4.10. The van der Waals surface area contributed by atoms with Crippen LogP contribution in [0.25, 0.3) is 0 Å². The number of hydrogen-bond acceptors (Lipinski definition) is 30. The van der Waals surface area contributed by atoms with Crippen molar-refractivity contribution in [2.75, 3.05) is 81.2 Å². The van der Waals surface area contributed by atoms with Crippen LogP contribution in [-0.2, 0) is 14.9 Å². The van der Waals surface area contributed by atoms with E-state index in [9.17, 15) is 20.4 Å². The predicted molar refractivity (Wildman–Crippen MR) is 207 cm³/mol. The Hall–Kier alpha value is -1.81. The Bertz CT molecular complexity index is 1330. The summed E-state index contributed by atoms with van der Waals surface area (Å²) in [5.41, 5.74) is 0.960. The van der Waals surface area contributed by atoms with Crippen molar-refractivity contribution in [2.45, 2.75) is 6.92 Å². The Morgan fingerprint density at radius 2 is 0.779 bits per heavy atom. The summed E-state index contributed by atoms with van der Waals surface area (Å²) in [5.74, 6) is 0.242. The van der Waals surface area contributed by atoms with Gasteiger partial charge in [-0.2, -0.15) is 12.4 Å². The molecule has 0 aliphatic rings. The molecule has 0 saturated carbocycles. The third-order valence-corrected chi connectivity index (χ3v) is 4.10. The largest absolute Gasteiger partial charge is 3.00 e. The van der Waals surface area contributed by atoms with Crippen LogP contribution in [0.3, 0.4) is 0 Å². The first-order chi connectivity index (χ1) is 28.7. The number of ether oxygens (including phenoxy) is 4. The number of aliphatic hydroxyl groups is 1. The first kappa shape index (κ1) is 107. The van der Waals surface area contributed by atoms with E-state index in [0.717, 1.165) is 14.2 Å². The minimum atomic E-state index is -1.75. The molecule has 68 heavy (non-hydrogen) atoms. The zero-order valence-corrected chi connectivity index (χ0v) is 42.0. The van der Waals surface area contributed by atoms with Gasteiger partial charge < -0.3 is 143 Å². The second-order valence-electron chi connectivity index (χ2n) is 7.80. The topological polar surface area (TPSA) is 645 Å². The van der Waals surface area contributed by atoms with E-state index in [4.69, 9.17) is 111 Å². The zero-order valence-electron chi connectivity index (χ0n) is 35.1. The molecule has 36 nitrogen and oxygen atoms in total. The molecule has 2 aromatic carbocycles. The molecule has 6 N–H and O–H groups in total. The number of aliphatic imine (C=N–C) groups is 2. The SMILES string of the molecule is CC#N.CO.COc1cccc(C=NCCOCC[O-])c1[O-].COc1cccc(C=NCCOCC[O-])c1[O-].C[O-].O=[N+]([O-])[O-].O=[N+]([O-])[O-].O=[N+]([O-])[O-].O=[N+]([O-])[O-].O=[N+]([O-])[O-].[OH-].[OH-].[OH3+].[Yb+3].[Yb+3].[Yb+3].[Yb+3]. The summed E-state index contributed by atoms with van der Waals surface area (Å²) in [6.07, 6.45) is 2.98. The van der Waals surface area contributed by atoms with Gasteiger partial charge >= 0.3 is 188 Å². The van der Waals surface area contributed by atoms with Crippen molar-refractivity contribution in [2.24, 2.45) is 9.98 Å². The number of methoxy groups -OCH3 is 2. The average molecular weight is 1630 g/mol. The molecule has 0 unspecified atom stereocenters. The molecule has 0 spiro atoms. The molecular weight excluding hydrogens is 1590 g/mol. The Labute approximate surface area is 539 Å². The molecule has 2 aromatic rings. The average Bonchev–Trinajstić information content (AvgIpc) is 3.17. The summed E-state index contributed by atoms with van der Waals surface area (Å²) < 4.78 is 19.8. The van der Waals surface area contributed by atoms with Crippen molar-refractivity contribution >= 4 is 12.4 Å². The number of para-hydroxylation sites is 2. The third kappa shape index (κ3) is 120. The van der Waals surface area contributed by atoms with Crippen LogP contribution in [-0.4, -0.2) is 135 Å². The van der Waals surface area contributed by atoms with Crippen molar-refractivity contribution in [3.05, 3.63) is 124 Å².